The summed E-state index contributed by atoms with van der Waals surface area (Å²) in [5, 5.41) is 18.6. The highest BCUT2D eigenvalue weighted by Gasteiger charge is 2.33. The van der Waals surface area contributed by atoms with Crippen molar-refractivity contribution in [1.82, 2.24) is 0 Å². The largest absolute Gasteiger partial charge is 0.396 e. The van der Waals surface area contributed by atoms with E-state index in [4.69, 9.17) is 0 Å². The summed E-state index contributed by atoms with van der Waals surface area (Å²) in [6.07, 6.45) is 6.39. The minimum Gasteiger partial charge on any atom is -0.396 e. The molecule has 1 aliphatic rings. The predicted molar refractivity (Wildman–Crippen MR) is 80.6 cm³/mol. The smallest absolute Gasteiger partial charge is 0.0468 e. The highest BCUT2D eigenvalue weighted by molar-refractivity contribution is 5.49. The van der Waals surface area contributed by atoms with Gasteiger partial charge in [0, 0.05) is 13.2 Å². The maximum absolute atomic E-state index is 9.39. The first-order valence-electron chi connectivity index (χ1n) is 6.80. The second kappa shape index (κ2) is 8.68. The second-order valence-electron chi connectivity index (χ2n) is 4.80. The van der Waals surface area contributed by atoms with E-state index >= 15 is 0 Å². The summed E-state index contributed by atoms with van der Waals surface area (Å²) in [4.78, 5) is 0. The van der Waals surface area contributed by atoms with Crippen molar-refractivity contribution < 1.29 is 10.2 Å². The van der Waals surface area contributed by atoms with Crippen molar-refractivity contribution in [2.75, 3.05) is 13.2 Å². The zero-order valence-corrected chi connectivity index (χ0v) is 11.4. The molecule has 1 aromatic rings. The Hall–Kier alpha value is -1.38. The third kappa shape index (κ3) is 4.34. The van der Waals surface area contributed by atoms with Gasteiger partial charge in [0.15, 0.2) is 0 Å². The Morgan fingerprint density at radius 3 is 2.32 bits per heavy atom. The predicted octanol–water partition coefficient (Wildman–Crippen LogP) is 3.13. The van der Waals surface area contributed by atoms with Crippen molar-refractivity contribution in [2.24, 2.45) is 17.8 Å². The van der Waals surface area contributed by atoms with Crippen molar-refractivity contribution in [3.8, 4) is 0 Å². The standard InChI is InChI=1S/C15H20O2.C2H4/c16-10-14-9-8-13(15(14)11-17)7-6-12-4-2-1-3-5-12;1-2/h1-7,13-17H,8-11H2;1-2H2/b7-6+;/t13-,14?,15?;/m1./s1. The Morgan fingerprint density at radius 1 is 1.05 bits per heavy atom. The zero-order chi connectivity index (χ0) is 14.1. The van der Waals surface area contributed by atoms with Gasteiger partial charge in [-0.05, 0) is 36.2 Å². The Labute approximate surface area is 116 Å². The highest BCUT2D eigenvalue weighted by atomic mass is 16.3. The maximum Gasteiger partial charge on any atom is 0.0468 e. The molecular formula is C17H24O2. The van der Waals surface area contributed by atoms with Crippen LogP contribution < -0.4 is 0 Å². The molecule has 0 amide bonds. The van der Waals surface area contributed by atoms with E-state index in [1.54, 1.807) is 0 Å². The first-order chi connectivity index (χ1) is 9.35. The van der Waals surface area contributed by atoms with E-state index in [-0.39, 0.29) is 25.0 Å². The van der Waals surface area contributed by atoms with E-state index in [9.17, 15) is 10.2 Å². The molecule has 1 aromatic carbocycles. The van der Waals surface area contributed by atoms with E-state index < -0.39 is 0 Å². The van der Waals surface area contributed by atoms with Crippen molar-refractivity contribution in [2.45, 2.75) is 12.8 Å². The molecule has 0 heterocycles. The fourth-order valence-corrected chi connectivity index (χ4v) is 2.73. The van der Waals surface area contributed by atoms with Gasteiger partial charge in [-0.25, -0.2) is 0 Å². The lowest BCUT2D eigenvalue weighted by atomic mass is 9.90. The number of aliphatic hydroxyl groups is 2. The number of hydrogen-bond acceptors (Lipinski definition) is 2. The number of benzene rings is 1. The van der Waals surface area contributed by atoms with Crippen LogP contribution in [0, 0.1) is 17.8 Å². The summed E-state index contributed by atoms with van der Waals surface area (Å²) in [5.74, 6) is 0.891. The minimum atomic E-state index is 0.176. The van der Waals surface area contributed by atoms with Gasteiger partial charge >= 0.3 is 0 Å². The second-order valence-corrected chi connectivity index (χ2v) is 4.80. The fraction of sp³-hybridized carbons (Fsp3) is 0.412. The summed E-state index contributed by atoms with van der Waals surface area (Å²) in [7, 11) is 0. The minimum absolute atomic E-state index is 0.176. The van der Waals surface area contributed by atoms with Gasteiger partial charge in [0.1, 0.15) is 0 Å². The van der Waals surface area contributed by atoms with Crippen molar-refractivity contribution in [3.63, 3.8) is 0 Å². The zero-order valence-electron chi connectivity index (χ0n) is 11.4. The van der Waals surface area contributed by atoms with Crippen LogP contribution in [-0.4, -0.2) is 23.4 Å². The summed E-state index contributed by atoms with van der Waals surface area (Å²) in [6.45, 7) is 6.37. The number of allylic oxidation sites excluding steroid dienone is 1. The monoisotopic (exact) mass is 260 g/mol. The summed E-state index contributed by atoms with van der Waals surface area (Å²) in [5.41, 5.74) is 1.19. The van der Waals surface area contributed by atoms with E-state index in [1.165, 1.54) is 5.56 Å². The van der Waals surface area contributed by atoms with E-state index in [0.717, 1.165) is 12.8 Å². The van der Waals surface area contributed by atoms with Crippen LogP contribution in [0.4, 0.5) is 0 Å². The molecular weight excluding hydrogens is 236 g/mol. The lowest BCUT2D eigenvalue weighted by molar-refractivity contribution is 0.128. The molecule has 0 bridgehead atoms. The van der Waals surface area contributed by atoms with Gasteiger partial charge in [0.2, 0.25) is 0 Å². The molecule has 2 heteroatoms. The molecule has 0 aromatic heterocycles. The normalized spacial score (nSPS) is 26.1. The summed E-state index contributed by atoms with van der Waals surface area (Å²) < 4.78 is 0. The molecule has 1 saturated carbocycles. The molecule has 0 aliphatic heterocycles. The van der Waals surface area contributed by atoms with Gasteiger partial charge in [-0.1, -0.05) is 42.5 Å². The molecule has 1 fully saturated rings. The molecule has 2 unspecified atom stereocenters. The van der Waals surface area contributed by atoms with Crippen LogP contribution in [0.15, 0.2) is 49.6 Å². The summed E-state index contributed by atoms with van der Waals surface area (Å²) in [6, 6.07) is 10.2. The van der Waals surface area contributed by atoms with Crippen LogP contribution in [0.25, 0.3) is 6.08 Å². The molecule has 104 valence electrons. The summed E-state index contributed by atoms with van der Waals surface area (Å²) >= 11 is 0. The van der Waals surface area contributed by atoms with Crippen LogP contribution in [0.2, 0.25) is 0 Å². The van der Waals surface area contributed by atoms with Crippen molar-refractivity contribution >= 4 is 6.08 Å². The van der Waals surface area contributed by atoms with Crippen molar-refractivity contribution in [1.29, 1.82) is 0 Å². The molecule has 0 spiro atoms. The Balaban J connectivity index is 0.000000861. The topological polar surface area (TPSA) is 40.5 Å². The van der Waals surface area contributed by atoms with Crippen LogP contribution in [-0.2, 0) is 0 Å². The van der Waals surface area contributed by atoms with Crippen LogP contribution >= 0.6 is 0 Å². The highest BCUT2D eigenvalue weighted by Crippen LogP contribution is 2.37. The SMILES string of the molecule is C=C.OCC1CC[C@@H](/C=C/c2ccccc2)C1CO. The molecule has 0 radical (unpaired) electrons. The van der Waals surface area contributed by atoms with Gasteiger partial charge in [0.25, 0.3) is 0 Å². The van der Waals surface area contributed by atoms with Crippen LogP contribution in [0.5, 0.6) is 0 Å². The Bertz CT molecular complexity index is 372. The lowest BCUT2D eigenvalue weighted by Crippen LogP contribution is -2.20. The molecule has 3 atom stereocenters. The quantitative estimate of drug-likeness (QED) is 0.817. The van der Waals surface area contributed by atoms with Crippen LogP contribution in [0.3, 0.4) is 0 Å². The first kappa shape index (κ1) is 15.7. The van der Waals surface area contributed by atoms with Gasteiger partial charge in [-0.3, -0.25) is 0 Å². The molecule has 19 heavy (non-hydrogen) atoms. The van der Waals surface area contributed by atoms with Gasteiger partial charge in [-0.2, -0.15) is 0 Å². The van der Waals surface area contributed by atoms with E-state index in [2.05, 4.69) is 37.4 Å². The molecule has 2 nitrogen and oxygen atoms in total. The van der Waals surface area contributed by atoms with Gasteiger partial charge in [-0.15, -0.1) is 13.2 Å². The lowest BCUT2D eigenvalue weighted by Gasteiger charge is -2.18. The van der Waals surface area contributed by atoms with E-state index in [0.29, 0.717) is 5.92 Å². The van der Waals surface area contributed by atoms with E-state index in [1.807, 2.05) is 18.2 Å². The average molecular weight is 260 g/mol. The molecule has 2 rings (SSSR count). The molecule has 1 aliphatic carbocycles. The third-order valence-electron chi connectivity index (χ3n) is 3.81. The third-order valence-corrected chi connectivity index (χ3v) is 3.81. The fourth-order valence-electron chi connectivity index (χ4n) is 2.73. The maximum atomic E-state index is 9.39. The Morgan fingerprint density at radius 2 is 1.74 bits per heavy atom. The number of hydrogen-bond donors (Lipinski definition) is 2. The Kier molecular flexibility index (Phi) is 7.16. The number of aliphatic hydroxyl groups excluding tert-OH is 2. The van der Waals surface area contributed by atoms with Gasteiger partial charge in [0.05, 0.1) is 0 Å². The first-order valence-corrected chi connectivity index (χ1v) is 6.80. The molecule has 2 N–H and O–H groups in total. The van der Waals surface area contributed by atoms with Crippen molar-refractivity contribution in [3.05, 3.63) is 55.1 Å². The van der Waals surface area contributed by atoms with Gasteiger partial charge < -0.3 is 10.2 Å². The van der Waals surface area contributed by atoms with Crippen LogP contribution in [0.1, 0.15) is 18.4 Å². The average Bonchev–Trinajstić information content (AvgIpc) is 2.90. The molecule has 0 saturated heterocycles. The number of rotatable bonds is 4.